The summed E-state index contributed by atoms with van der Waals surface area (Å²) in [5.74, 6) is 0.487. The molecule has 0 saturated carbocycles. The Morgan fingerprint density at radius 1 is 1.44 bits per heavy atom. The van der Waals surface area contributed by atoms with Crippen molar-refractivity contribution in [3.63, 3.8) is 0 Å². The van der Waals surface area contributed by atoms with Gasteiger partial charge in [0.1, 0.15) is 11.5 Å². The van der Waals surface area contributed by atoms with Crippen LogP contribution < -0.4 is 0 Å². The van der Waals surface area contributed by atoms with Crippen LogP contribution in [0.25, 0.3) is 11.3 Å². The molecule has 4 nitrogen and oxygen atoms in total. The van der Waals surface area contributed by atoms with Gasteiger partial charge < -0.3 is 9.52 Å². The fraction of sp³-hybridized carbons (Fsp3) is 0.286. The minimum Gasteiger partial charge on any atom is -0.478 e. The average molecular weight is 245 g/mol. The van der Waals surface area contributed by atoms with Gasteiger partial charge in [0.2, 0.25) is 0 Å². The van der Waals surface area contributed by atoms with E-state index in [0.717, 1.165) is 29.9 Å². The summed E-state index contributed by atoms with van der Waals surface area (Å²) in [5, 5.41) is 8.99. The monoisotopic (exact) mass is 245 g/mol. The number of hydrogen-bond donors (Lipinski definition) is 1. The summed E-state index contributed by atoms with van der Waals surface area (Å²) >= 11 is 0. The Morgan fingerprint density at radius 3 is 2.89 bits per heavy atom. The van der Waals surface area contributed by atoms with Crippen molar-refractivity contribution in [3.8, 4) is 11.3 Å². The van der Waals surface area contributed by atoms with Gasteiger partial charge in [-0.05, 0) is 18.6 Å². The number of hydrogen-bond acceptors (Lipinski definition) is 3. The van der Waals surface area contributed by atoms with E-state index in [4.69, 9.17) is 9.52 Å². The van der Waals surface area contributed by atoms with Crippen molar-refractivity contribution < 1.29 is 14.3 Å². The first-order valence-electron chi connectivity index (χ1n) is 5.92. The first-order valence-corrected chi connectivity index (χ1v) is 5.92. The highest BCUT2D eigenvalue weighted by Crippen LogP contribution is 2.25. The Balaban J connectivity index is 2.47. The van der Waals surface area contributed by atoms with Gasteiger partial charge in [-0.1, -0.05) is 19.1 Å². The molecule has 94 valence electrons. The van der Waals surface area contributed by atoms with Crippen LogP contribution in [0.1, 0.15) is 35.4 Å². The SMILES string of the molecule is CCCc1oc(C)nc1-c1cccc(C(=O)O)c1. The highest BCUT2D eigenvalue weighted by Gasteiger charge is 2.13. The molecule has 0 amide bonds. The Morgan fingerprint density at radius 2 is 2.22 bits per heavy atom. The molecule has 0 fully saturated rings. The molecule has 0 unspecified atom stereocenters. The lowest BCUT2D eigenvalue weighted by molar-refractivity contribution is 0.0697. The van der Waals surface area contributed by atoms with E-state index in [1.165, 1.54) is 0 Å². The van der Waals surface area contributed by atoms with Crippen LogP contribution in [0.2, 0.25) is 0 Å². The first-order chi connectivity index (χ1) is 8.61. The molecule has 2 aromatic rings. The maximum Gasteiger partial charge on any atom is 0.335 e. The predicted octanol–water partition coefficient (Wildman–Crippen LogP) is 3.30. The van der Waals surface area contributed by atoms with E-state index >= 15 is 0 Å². The zero-order valence-corrected chi connectivity index (χ0v) is 10.4. The molecular formula is C14H15NO3. The molecule has 18 heavy (non-hydrogen) atoms. The topological polar surface area (TPSA) is 63.3 Å². The molecule has 1 aromatic carbocycles. The van der Waals surface area contributed by atoms with Crippen LogP contribution in [0.3, 0.4) is 0 Å². The lowest BCUT2D eigenvalue weighted by atomic mass is 10.1. The third kappa shape index (κ3) is 2.42. The molecule has 0 atom stereocenters. The Hall–Kier alpha value is -2.10. The quantitative estimate of drug-likeness (QED) is 0.897. The van der Waals surface area contributed by atoms with Gasteiger partial charge in [-0.3, -0.25) is 0 Å². The molecule has 0 aliphatic heterocycles. The highest BCUT2D eigenvalue weighted by molar-refractivity contribution is 5.89. The summed E-state index contributed by atoms with van der Waals surface area (Å²) in [6, 6.07) is 6.76. The van der Waals surface area contributed by atoms with Gasteiger partial charge in [0.15, 0.2) is 5.89 Å². The number of aromatic nitrogens is 1. The van der Waals surface area contributed by atoms with E-state index in [-0.39, 0.29) is 5.56 Å². The van der Waals surface area contributed by atoms with Crippen LogP contribution >= 0.6 is 0 Å². The van der Waals surface area contributed by atoms with E-state index in [9.17, 15) is 4.79 Å². The van der Waals surface area contributed by atoms with E-state index in [0.29, 0.717) is 5.89 Å². The van der Waals surface area contributed by atoms with Gasteiger partial charge in [-0.15, -0.1) is 0 Å². The van der Waals surface area contributed by atoms with E-state index < -0.39 is 5.97 Å². The minimum absolute atomic E-state index is 0.260. The second kappa shape index (κ2) is 5.04. The Kier molecular flexibility index (Phi) is 3.46. The molecule has 1 N–H and O–H groups in total. The molecule has 1 heterocycles. The zero-order valence-electron chi connectivity index (χ0n) is 10.4. The number of aryl methyl sites for hydroxylation is 2. The minimum atomic E-state index is -0.936. The van der Waals surface area contributed by atoms with Crippen molar-refractivity contribution in [2.24, 2.45) is 0 Å². The van der Waals surface area contributed by atoms with Crippen molar-refractivity contribution in [2.75, 3.05) is 0 Å². The van der Waals surface area contributed by atoms with Crippen LogP contribution in [0.15, 0.2) is 28.7 Å². The van der Waals surface area contributed by atoms with Crippen LogP contribution in [-0.4, -0.2) is 16.1 Å². The molecule has 2 rings (SSSR count). The standard InChI is InChI=1S/C14H15NO3/c1-3-5-12-13(15-9(2)18-12)10-6-4-7-11(8-10)14(16)17/h4,6-8H,3,5H2,1-2H3,(H,16,17). The third-order valence-corrected chi connectivity index (χ3v) is 2.66. The molecule has 0 aliphatic rings. The van der Waals surface area contributed by atoms with E-state index in [2.05, 4.69) is 11.9 Å². The number of carbonyl (C=O) groups is 1. The van der Waals surface area contributed by atoms with Crippen LogP contribution in [-0.2, 0) is 6.42 Å². The zero-order chi connectivity index (χ0) is 13.1. The number of aromatic carboxylic acids is 1. The molecule has 0 aliphatic carbocycles. The molecule has 4 heteroatoms. The first kappa shape index (κ1) is 12.4. The number of oxazole rings is 1. The summed E-state index contributed by atoms with van der Waals surface area (Å²) < 4.78 is 5.55. The van der Waals surface area contributed by atoms with Gasteiger partial charge in [0, 0.05) is 18.9 Å². The van der Waals surface area contributed by atoms with Crippen molar-refractivity contribution in [3.05, 3.63) is 41.5 Å². The van der Waals surface area contributed by atoms with Crippen molar-refractivity contribution in [2.45, 2.75) is 26.7 Å². The molecule has 0 spiro atoms. The van der Waals surface area contributed by atoms with Crippen molar-refractivity contribution in [1.82, 2.24) is 4.98 Å². The Labute approximate surface area is 105 Å². The summed E-state index contributed by atoms with van der Waals surface area (Å²) in [4.78, 5) is 15.3. The summed E-state index contributed by atoms with van der Waals surface area (Å²) in [6.07, 6.45) is 1.76. The van der Waals surface area contributed by atoms with Crippen molar-refractivity contribution >= 4 is 5.97 Å². The molecule has 0 bridgehead atoms. The summed E-state index contributed by atoms with van der Waals surface area (Å²) in [5.41, 5.74) is 1.79. The van der Waals surface area contributed by atoms with Gasteiger partial charge in [0.05, 0.1) is 5.56 Å². The van der Waals surface area contributed by atoms with E-state index in [1.54, 1.807) is 25.1 Å². The number of carboxylic acids is 1. The summed E-state index contributed by atoms with van der Waals surface area (Å²) in [6.45, 7) is 3.86. The predicted molar refractivity (Wildman–Crippen MR) is 67.6 cm³/mol. The van der Waals surface area contributed by atoms with Gasteiger partial charge >= 0.3 is 5.97 Å². The molecule has 0 saturated heterocycles. The summed E-state index contributed by atoms with van der Waals surface area (Å²) in [7, 11) is 0. The fourth-order valence-electron chi connectivity index (χ4n) is 1.89. The van der Waals surface area contributed by atoms with Gasteiger partial charge in [-0.2, -0.15) is 0 Å². The molecular weight excluding hydrogens is 230 g/mol. The highest BCUT2D eigenvalue weighted by atomic mass is 16.4. The smallest absolute Gasteiger partial charge is 0.335 e. The lowest BCUT2D eigenvalue weighted by Gasteiger charge is -2.01. The lowest BCUT2D eigenvalue weighted by Crippen LogP contribution is -1.96. The number of rotatable bonds is 4. The molecule has 0 radical (unpaired) electrons. The fourth-order valence-corrected chi connectivity index (χ4v) is 1.89. The second-order valence-corrected chi connectivity index (χ2v) is 4.14. The van der Waals surface area contributed by atoms with Crippen LogP contribution in [0.5, 0.6) is 0 Å². The average Bonchev–Trinajstić information content (AvgIpc) is 2.71. The van der Waals surface area contributed by atoms with Gasteiger partial charge in [-0.25, -0.2) is 9.78 Å². The second-order valence-electron chi connectivity index (χ2n) is 4.14. The maximum atomic E-state index is 11.0. The molecule has 1 aromatic heterocycles. The van der Waals surface area contributed by atoms with Crippen LogP contribution in [0, 0.1) is 6.92 Å². The van der Waals surface area contributed by atoms with Gasteiger partial charge in [0.25, 0.3) is 0 Å². The van der Waals surface area contributed by atoms with Crippen LogP contribution in [0.4, 0.5) is 0 Å². The third-order valence-electron chi connectivity index (χ3n) is 2.66. The Bertz CT molecular complexity index is 572. The van der Waals surface area contributed by atoms with E-state index in [1.807, 2.05) is 6.07 Å². The normalized spacial score (nSPS) is 10.6. The number of carboxylic acid groups (broad SMARTS) is 1. The van der Waals surface area contributed by atoms with Crippen molar-refractivity contribution in [1.29, 1.82) is 0 Å². The maximum absolute atomic E-state index is 11.0. The largest absolute Gasteiger partial charge is 0.478 e. The number of benzene rings is 1. The number of nitrogens with zero attached hydrogens (tertiary/aromatic N) is 1.